The maximum absolute atomic E-state index is 12.4. The van der Waals surface area contributed by atoms with E-state index in [-0.39, 0.29) is 10.7 Å². The molecular weight excluding hydrogens is 358 g/mol. The Bertz CT molecular complexity index is 946. The number of thiocarbonyl (C=S) groups is 1. The lowest BCUT2D eigenvalue weighted by molar-refractivity contribution is -0.128. The normalized spacial score (nSPS) is 16.6. The number of benzene rings is 1. The Labute approximate surface area is 155 Å². The number of nitrogens with zero attached hydrogens (tertiary/aromatic N) is 2. The highest BCUT2D eigenvalue weighted by Gasteiger charge is 2.31. The molecule has 1 aliphatic heterocycles. The van der Waals surface area contributed by atoms with E-state index >= 15 is 0 Å². The Morgan fingerprint density at radius 2 is 1.92 bits per heavy atom. The third-order valence-electron chi connectivity index (χ3n) is 4.14. The van der Waals surface area contributed by atoms with Gasteiger partial charge in [0.2, 0.25) is 0 Å². The van der Waals surface area contributed by atoms with E-state index in [0.717, 1.165) is 22.6 Å². The summed E-state index contributed by atoms with van der Waals surface area (Å²) in [6.07, 6.45) is 1.60. The van der Waals surface area contributed by atoms with Crippen LogP contribution in [0.4, 0.5) is 0 Å². The van der Waals surface area contributed by atoms with Crippen molar-refractivity contribution < 1.29 is 9.59 Å². The smallest absolute Gasteiger partial charge is 0.265 e. The summed E-state index contributed by atoms with van der Waals surface area (Å²) >= 11 is 11.0. The topological polar surface area (TPSA) is 54.3 Å². The van der Waals surface area contributed by atoms with E-state index in [1.165, 1.54) is 11.9 Å². The number of aryl methyl sites for hydroxylation is 1. The molecule has 2 amide bonds. The first-order valence-electron chi connectivity index (χ1n) is 7.59. The van der Waals surface area contributed by atoms with Crippen LogP contribution in [0.2, 0.25) is 5.02 Å². The Hall–Kier alpha value is -2.44. The van der Waals surface area contributed by atoms with Gasteiger partial charge in [0.15, 0.2) is 5.11 Å². The molecule has 0 aliphatic carbocycles. The number of rotatable bonds is 2. The van der Waals surface area contributed by atoms with Crippen molar-refractivity contribution in [2.24, 2.45) is 0 Å². The predicted octanol–water partition coefficient (Wildman–Crippen LogP) is 3.00. The summed E-state index contributed by atoms with van der Waals surface area (Å²) < 4.78 is 2.03. The van der Waals surface area contributed by atoms with Gasteiger partial charge in [-0.3, -0.25) is 19.8 Å². The van der Waals surface area contributed by atoms with Gasteiger partial charge in [0.1, 0.15) is 5.57 Å². The van der Waals surface area contributed by atoms with Crippen molar-refractivity contribution in [2.45, 2.75) is 13.8 Å². The largest absolute Gasteiger partial charge is 0.318 e. The quantitative estimate of drug-likeness (QED) is 0.500. The van der Waals surface area contributed by atoms with Crippen molar-refractivity contribution in [1.82, 2.24) is 14.8 Å². The van der Waals surface area contributed by atoms with Gasteiger partial charge in [-0.2, -0.15) is 0 Å². The van der Waals surface area contributed by atoms with E-state index in [2.05, 4.69) is 5.32 Å². The standard InChI is InChI=1S/C18H16ClN3O2S/c1-10-7-12(8-15-16(23)20-18(25)21(3)17(15)24)11(2)22(10)14-6-4-5-13(19)9-14/h4-9H,1-3H3,(H,20,23,25)/b15-8+. The Morgan fingerprint density at radius 1 is 1.20 bits per heavy atom. The summed E-state index contributed by atoms with van der Waals surface area (Å²) in [5.74, 6) is -0.901. The minimum absolute atomic E-state index is 0.0578. The first kappa shape index (κ1) is 17.4. The second-order valence-electron chi connectivity index (χ2n) is 5.82. The summed E-state index contributed by atoms with van der Waals surface area (Å²) in [7, 11) is 1.53. The highest BCUT2D eigenvalue weighted by Crippen LogP contribution is 2.25. The molecule has 1 aromatic heterocycles. The molecule has 1 saturated heterocycles. The molecule has 0 spiro atoms. The van der Waals surface area contributed by atoms with Crippen LogP contribution < -0.4 is 5.32 Å². The van der Waals surface area contributed by atoms with Crippen LogP contribution in [0.15, 0.2) is 35.9 Å². The molecule has 2 aromatic rings. The average Bonchev–Trinajstić information content (AvgIpc) is 2.83. The third kappa shape index (κ3) is 3.10. The fourth-order valence-electron chi connectivity index (χ4n) is 2.85. The summed E-state index contributed by atoms with van der Waals surface area (Å²) in [6, 6.07) is 9.43. The van der Waals surface area contributed by atoms with E-state index in [4.69, 9.17) is 23.8 Å². The lowest BCUT2D eigenvalue weighted by Gasteiger charge is -2.25. The van der Waals surface area contributed by atoms with Crippen LogP contribution in [0, 0.1) is 13.8 Å². The number of aromatic nitrogens is 1. The minimum atomic E-state index is -0.486. The number of likely N-dealkylation sites (N-methyl/N-ethyl adjacent to an activating group) is 1. The molecule has 0 saturated carbocycles. The molecule has 2 heterocycles. The molecule has 7 heteroatoms. The Kier molecular flexibility index (Phi) is 4.49. The first-order valence-corrected chi connectivity index (χ1v) is 8.38. The van der Waals surface area contributed by atoms with Crippen molar-refractivity contribution in [1.29, 1.82) is 0 Å². The van der Waals surface area contributed by atoms with Crippen LogP contribution in [0.5, 0.6) is 0 Å². The fraction of sp³-hybridized carbons (Fsp3) is 0.167. The van der Waals surface area contributed by atoms with Crippen LogP contribution in [0.1, 0.15) is 17.0 Å². The highest BCUT2D eigenvalue weighted by atomic mass is 35.5. The van der Waals surface area contributed by atoms with Gasteiger partial charge in [-0.15, -0.1) is 0 Å². The lowest BCUT2D eigenvalue weighted by Crippen LogP contribution is -2.52. The van der Waals surface area contributed by atoms with Gasteiger partial charge in [0, 0.05) is 29.1 Å². The molecule has 0 radical (unpaired) electrons. The molecule has 1 aliphatic rings. The monoisotopic (exact) mass is 373 g/mol. The first-order chi connectivity index (χ1) is 11.8. The van der Waals surface area contributed by atoms with Gasteiger partial charge in [-0.1, -0.05) is 17.7 Å². The molecular formula is C18H16ClN3O2S. The molecule has 0 unspecified atom stereocenters. The van der Waals surface area contributed by atoms with Crippen LogP contribution in [-0.4, -0.2) is 33.4 Å². The molecule has 3 rings (SSSR count). The maximum Gasteiger partial charge on any atom is 0.265 e. The fourth-order valence-corrected chi connectivity index (χ4v) is 3.21. The average molecular weight is 374 g/mol. The zero-order chi connectivity index (χ0) is 18.3. The molecule has 128 valence electrons. The van der Waals surface area contributed by atoms with Gasteiger partial charge in [0.05, 0.1) is 0 Å². The van der Waals surface area contributed by atoms with Crippen molar-refractivity contribution in [2.75, 3.05) is 7.05 Å². The summed E-state index contributed by atoms with van der Waals surface area (Å²) in [4.78, 5) is 25.7. The van der Waals surface area contributed by atoms with E-state index in [1.807, 2.05) is 48.7 Å². The van der Waals surface area contributed by atoms with E-state index in [1.54, 1.807) is 6.08 Å². The number of hydrogen-bond donors (Lipinski definition) is 1. The second-order valence-corrected chi connectivity index (χ2v) is 6.65. The van der Waals surface area contributed by atoms with Crippen LogP contribution in [0.3, 0.4) is 0 Å². The zero-order valence-corrected chi connectivity index (χ0v) is 15.5. The molecule has 5 nitrogen and oxygen atoms in total. The number of halogens is 1. The highest BCUT2D eigenvalue weighted by molar-refractivity contribution is 7.80. The Morgan fingerprint density at radius 3 is 2.60 bits per heavy atom. The van der Waals surface area contributed by atoms with Crippen molar-refractivity contribution in [3.63, 3.8) is 0 Å². The van der Waals surface area contributed by atoms with Gasteiger partial charge in [-0.05, 0) is 62.0 Å². The summed E-state index contributed by atoms with van der Waals surface area (Å²) in [5, 5.41) is 3.26. The molecule has 0 atom stereocenters. The maximum atomic E-state index is 12.4. The molecule has 25 heavy (non-hydrogen) atoms. The number of carbonyl (C=O) groups is 2. The van der Waals surface area contributed by atoms with Crippen molar-refractivity contribution in [3.05, 3.63) is 57.9 Å². The summed E-state index contributed by atoms with van der Waals surface area (Å²) in [5.41, 5.74) is 3.65. The van der Waals surface area contributed by atoms with Crippen LogP contribution >= 0.6 is 23.8 Å². The second kappa shape index (κ2) is 6.46. The molecule has 1 N–H and O–H groups in total. The zero-order valence-electron chi connectivity index (χ0n) is 14.0. The van der Waals surface area contributed by atoms with Crippen LogP contribution in [0.25, 0.3) is 11.8 Å². The van der Waals surface area contributed by atoms with E-state index in [9.17, 15) is 9.59 Å². The lowest BCUT2D eigenvalue weighted by atomic mass is 10.1. The van der Waals surface area contributed by atoms with E-state index < -0.39 is 11.8 Å². The molecule has 0 bridgehead atoms. The summed E-state index contributed by atoms with van der Waals surface area (Å²) in [6.45, 7) is 3.89. The van der Waals surface area contributed by atoms with Gasteiger partial charge in [0.25, 0.3) is 11.8 Å². The van der Waals surface area contributed by atoms with Gasteiger partial charge in [-0.25, -0.2) is 0 Å². The van der Waals surface area contributed by atoms with Crippen molar-refractivity contribution in [3.8, 4) is 5.69 Å². The van der Waals surface area contributed by atoms with Gasteiger partial charge < -0.3 is 4.57 Å². The number of hydrogen-bond acceptors (Lipinski definition) is 3. The third-order valence-corrected chi connectivity index (χ3v) is 4.75. The molecule has 1 aromatic carbocycles. The van der Waals surface area contributed by atoms with Crippen LogP contribution in [-0.2, 0) is 9.59 Å². The number of nitrogens with one attached hydrogen (secondary N) is 1. The van der Waals surface area contributed by atoms with E-state index in [0.29, 0.717) is 5.02 Å². The molecule has 1 fully saturated rings. The van der Waals surface area contributed by atoms with Gasteiger partial charge >= 0.3 is 0 Å². The number of amides is 2. The predicted molar refractivity (Wildman–Crippen MR) is 102 cm³/mol. The minimum Gasteiger partial charge on any atom is -0.318 e. The Balaban J connectivity index is 2.08. The van der Waals surface area contributed by atoms with Crippen molar-refractivity contribution >= 4 is 46.8 Å². The SMILES string of the molecule is Cc1cc(/C=C2\C(=O)NC(=S)N(C)C2=O)c(C)n1-c1cccc(Cl)c1. The number of carbonyl (C=O) groups excluding carboxylic acids is 2.